The fraction of sp³-hybridized carbons (Fsp3) is 1.00. The normalized spacial score (nSPS) is 22.7. The summed E-state index contributed by atoms with van der Waals surface area (Å²) in [6.07, 6.45) is 6.09. The molecule has 1 aliphatic rings. The van der Waals surface area contributed by atoms with Crippen molar-refractivity contribution in [3.63, 3.8) is 0 Å². The molecule has 0 aromatic rings. The predicted octanol–water partition coefficient (Wildman–Crippen LogP) is 2.90. The zero-order valence-corrected chi connectivity index (χ0v) is 13.7. The van der Waals surface area contributed by atoms with Crippen LogP contribution in [0.5, 0.6) is 0 Å². The van der Waals surface area contributed by atoms with Gasteiger partial charge in [0.25, 0.3) is 0 Å². The van der Waals surface area contributed by atoms with Crippen LogP contribution in [-0.2, 0) is 4.74 Å². The van der Waals surface area contributed by atoms with Gasteiger partial charge in [-0.25, -0.2) is 0 Å². The van der Waals surface area contributed by atoms with Crippen LogP contribution in [-0.4, -0.2) is 50.3 Å². The zero-order chi connectivity index (χ0) is 14.3. The molecule has 0 saturated carbocycles. The molecule has 0 aliphatic carbocycles. The van der Waals surface area contributed by atoms with Crippen molar-refractivity contribution in [2.45, 2.75) is 64.5 Å². The van der Waals surface area contributed by atoms with Crippen LogP contribution < -0.4 is 5.32 Å². The molecule has 1 rings (SSSR count). The van der Waals surface area contributed by atoms with Crippen molar-refractivity contribution in [2.75, 3.05) is 33.9 Å². The van der Waals surface area contributed by atoms with Crippen molar-refractivity contribution in [3.8, 4) is 0 Å². The lowest BCUT2D eigenvalue weighted by Gasteiger charge is -2.49. The molecular formula is C16H34N2O. The van der Waals surface area contributed by atoms with Crippen LogP contribution in [0.2, 0.25) is 0 Å². The van der Waals surface area contributed by atoms with Crippen LogP contribution in [0.4, 0.5) is 0 Å². The highest BCUT2D eigenvalue weighted by Crippen LogP contribution is 2.33. The Morgan fingerprint density at radius 2 is 1.95 bits per heavy atom. The van der Waals surface area contributed by atoms with E-state index in [1.807, 2.05) is 0 Å². The highest BCUT2D eigenvalue weighted by atomic mass is 16.5. The second-order valence-electron chi connectivity index (χ2n) is 6.11. The monoisotopic (exact) mass is 270 g/mol. The number of ether oxygens (including phenoxy) is 1. The van der Waals surface area contributed by atoms with Crippen LogP contribution in [0.3, 0.4) is 0 Å². The maximum Gasteiger partial charge on any atom is 0.0509 e. The summed E-state index contributed by atoms with van der Waals surface area (Å²) in [5.41, 5.74) is 0.251. The molecule has 3 nitrogen and oxygen atoms in total. The third kappa shape index (κ3) is 3.93. The van der Waals surface area contributed by atoms with Gasteiger partial charge in [0.05, 0.1) is 6.61 Å². The van der Waals surface area contributed by atoms with Crippen molar-refractivity contribution in [3.05, 3.63) is 0 Å². The standard InChI is InChI=1S/C16H34N2O/c1-6-11-17-15(14-10-9-12-19-13-14)16(7-2,8-3)18(4)5/h14-15,17H,6-13H2,1-5H3. The van der Waals surface area contributed by atoms with E-state index < -0.39 is 0 Å². The Hall–Kier alpha value is -0.120. The van der Waals surface area contributed by atoms with Gasteiger partial charge in [-0.3, -0.25) is 0 Å². The van der Waals surface area contributed by atoms with E-state index in [1.54, 1.807) is 0 Å². The van der Waals surface area contributed by atoms with E-state index >= 15 is 0 Å². The summed E-state index contributed by atoms with van der Waals surface area (Å²) in [5.74, 6) is 0.655. The fourth-order valence-corrected chi connectivity index (χ4v) is 3.72. The molecular weight excluding hydrogens is 236 g/mol. The van der Waals surface area contributed by atoms with Gasteiger partial charge < -0.3 is 15.0 Å². The number of hydrogen-bond acceptors (Lipinski definition) is 3. The van der Waals surface area contributed by atoms with Gasteiger partial charge >= 0.3 is 0 Å². The number of nitrogens with one attached hydrogen (secondary N) is 1. The summed E-state index contributed by atoms with van der Waals surface area (Å²) in [7, 11) is 4.47. The first-order chi connectivity index (χ1) is 9.12. The Balaban J connectivity index is 2.90. The van der Waals surface area contributed by atoms with Gasteiger partial charge in [0.15, 0.2) is 0 Å². The summed E-state index contributed by atoms with van der Waals surface area (Å²) in [5, 5.41) is 3.84. The van der Waals surface area contributed by atoms with Crippen LogP contribution in [0.15, 0.2) is 0 Å². The molecule has 0 amide bonds. The lowest BCUT2D eigenvalue weighted by molar-refractivity contribution is -0.0100. The van der Waals surface area contributed by atoms with Crippen molar-refractivity contribution in [1.82, 2.24) is 10.2 Å². The molecule has 2 unspecified atom stereocenters. The second-order valence-corrected chi connectivity index (χ2v) is 6.11. The van der Waals surface area contributed by atoms with Gasteiger partial charge in [0.1, 0.15) is 0 Å². The maximum absolute atomic E-state index is 5.75. The minimum atomic E-state index is 0.251. The third-order valence-electron chi connectivity index (χ3n) is 4.98. The van der Waals surface area contributed by atoms with E-state index in [2.05, 4.69) is 45.1 Å². The lowest BCUT2D eigenvalue weighted by Crippen LogP contribution is -2.62. The molecule has 3 heteroatoms. The number of hydrogen-bond donors (Lipinski definition) is 1. The van der Waals surface area contributed by atoms with E-state index in [4.69, 9.17) is 4.74 Å². The van der Waals surface area contributed by atoms with Gasteiger partial charge in [-0.05, 0) is 58.7 Å². The van der Waals surface area contributed by atoms with E-state index in [9.17, 15) is 0 Å². The molecule has 0 spiro atoms. The summed E-state index contributed by atoms with van der Waals surface area (Å²) in [6.45, 7) is 9.89. The molecule has 1 aliphatic heterocycles. The van der Waals surface area contributed by atoms with E-state index in [0.717, 1.165) is 19.8 Å². The highest BCUT2D eigenvalue weighted by Gasteiger charge is 2.42. The molecule has 1 N–H and O–H groups in total. The third-order valence-corrected chi connectivity index (χ3v) is 4.98. The summed E-state index contributed by atoms with van der Waals surface area (Å²) in [4.78, 5) is 2.44. The molecule has 0 bridgehead atoms. The topological polar surface area (TPSA) is 24.5 Å². The first-order valence-corrected chi connectivity index (χ1v) is 8.10. The Kier molecular flexibility index (Phi) is 7.33. The average molecular weight is 270 g/mol. The molecule has 114 valence electrons. The molecule has 1 saturated heterocycles. The van der Waals surface area contributed by atoms with Crippen LogP contribution >= 0.6 is 0 Å². The summed E-state index contributed by atoms with van der Waals surface area (Å²) >= 11 is 0. The van der Waals surface area contributed by atoms with E-state index in [-0.39, 0.29) is 5.54 Å². The van der Waals surface area contributed by atoms with Crippen molar-refractivity contribution in [1.29, 1.82) is 0 Å². The van der Waals surface area contributed by atoms with Crippen molar-refractivity contribution in [2.24, 2.45) is 5.92 Å². The number of likely N-dealkylation sites (N-methyl/N-ethyl adjacent to an activating group) is 1. The minimum Gasteiger partial charge on any atom is -0.381 e. The first kappa shape index (κ1) is 16.9. The Morgan fingerprint density at radius 1 is 1.26 bits per heavy atom. The van der Waals surface area contributed by atoms with E-state index in [0.29, 0.717) is 12.0 Å². The van der Waals surface area contributed by atoms with Crippen LogP contribution in [0.1, 0.15) is 52.9 Å². The zero-order valence-electron chi connectivity index (χ0n) is 13.7. The Morgan fingerprint density at radius 3 is 2.37 bits per heavy atom. The quantitative estimate of drug-likeness (QED) is 0.734. The van der Waals surface area contributed by atoms with Gasteiger partial charge in [-0.15, -0.1) is 0 Å². The van der Waals surface area contributed by atoms with E-state index in [1.165, 1.54) is 32.1 Å². The molecule has 1 fully saturated rings. The van der Waals surface area contributed by atoms with Gasteiger partial charge in [-0.2, -0.15) is 0 Å². The average Bonchev–Trinajstić information content (AvgIpc) is 2.44. The molecule has 0 aromatic carbocycles. The first-order valence-electron chi connectivity index (χ1n) is 8.10. The Bertz CT molecular complexity index is 233. The SMILES string of the molecule is CCCNC(C1CCCOC1)C(CC)(CC)N(C)C. The molecule has 0 radical (unpaired) electrons. The number of rotatable bonds is 8. The maximum atomic E-state index is 5.75. The van der Waals surface area contributed by atoms with Crippen LogP contribution in [0, 0.1) is 5.92 Å². The lowest BCUT2D eigenvalue weighted by atomic mass is 9.75. The van der Waals surface area contributed by atoms with Crippen molar-refractivity contribution < 1.29 is 4.74 Å². The Labute approximate surface area is 120 Å². The van der Waals surface area contributed by atoms with Gasteiger partial charge in [-0.1, -0.05) is 20.8 Å². The van der Waals surface area contributed by atoms with Gasteiger partial charge in [0, 0.05) is 18.2 Å². The highest BCUT2D eigenvalue weighted by molar-refractivity contribution is 5.00. The largest absolute Gasteiger partial charge is 0.381 e. The second kappa shape index (κ2) is 8.23. The summed E-state index contributed by atoms with van der Waals surface area (Å²) in [6, 6.07) is 0.540. The molecule has 19 heavy (non-hydrogen) atoms. The molecule has 1 heterocycles. The van der Waals surface area contributed by atoms with Crippen LogP contribution in [0.25, 0.3) is 0 Å². The van der Waals surface area contributed by atoms with Crippen molar-refractivity contribution >= 4 is 0 Å². The minimum absolute atomic E-state index is 0.251. The molecule has 2 atom stereocenters. The fourth-order valence-electron chi connectivity index (χ4n) is 3.72. The predicted molar refractivity (Wildman–Crippen MR) is 82.6 cm³/mol. The van der Waals surface area contributed by atoms with Gasteiger partial charge in [0.2, 0.25) is 0 Å². The summed E-state index contributed by atoms with van der Waals surface area (Å²) < 4.78 is 5.75. The molecule has 0 aromatic heterocycles. The smallest absolute Gasteiger partial charge is 0.0509 e. The number of nitrogens with zero attached hydrogens (tertiary/aromatic N) is 1.